The summed E-state index contributed by atoms with van der Waals surface area (Å²) < 4.78 is 0. The molecule has 0 aliphatic rings. The average Bonchev–Trinajstić information content (AvgIpc) is 2.34. The summed E-state index contributed by atoms with van der Waals surface area (Å²) in [7, 11) is 0. The van der Waals surface area contributed by atoms with Crippen molar-refractivity contribution >= 4 is 22.2 Å². The fourth-order valence-electron chi connectivity index (χ4n) is 0.685. The first-order valence-corrected chi connectivity index (χ1v) is 6.09. The Morgan fingerprint density at radius 3 is 1.79 bits per heavy atom. The van der Waals surface area contributed by atoms with Crippen molar-refractivity contribution in [2.45, 2.75) is 33.0 Å². The van der Waals surface area contributed by atoms with E-state index in [1.807, 2.05) is 52.0 Å². The zero-order chi connectivity index (χ0) is 11.4. The number of carbonyl (C=O) groups is 1. The van der Waals surface area contributed by atoms with Crippen LogP contribution in [0.1, 0.15) is 43.6 Å². The van der Waals surface area contributed by atoms with Gasteiger partial charge in [0.1, 0.15) is 6.29 Å². The van der Waals surface area contributed by atoms with Gasteiger partial charge in [0, 0.05) is 10.9 Å². The molecule has 0 N–H and O–H groups in total. The van der Waals surface area contributed by atoms with Gasteiger partial charge in [0.15, 0.2) is 0 Å². The SMILES string of the molecule is CC.CC.O=Cc1ccc(CBr)cc1. The molecular weight excluding hydrogens is 240 g/mol. The van der Waals surface area contributed by atoms with Crippen LogP contribution in [-0.4, -0.2) is 6.29 Å². The summed E-state index contributed by atoms with van der Waals surface area (Å²) in [6.07, 6.45) is 0.845. The third kappa shape index (κ3) is 6.84. The first-order valence-electron chi connectivity index (χ1n) is 4.97. The molecule has 14 heavy (non-hydrogen) atoms. The number of aldehydes is 1. The Morgan fingerprint density at radius 1 is 1.07 bits per heavy atom. The van der Waals surface area contributed by atoms with Crippen molar-refractivity contribution < 1.29 is 4.79 Å². The summed E-state index contributed by atoms with van der Waals surface area (Å²) in [5, 5.41) is 0.839. The molecule has 0 saturated carbocycles. The molecule has 1 aromatic carbocycles. The quantitative estimate of drug-likeness (QED) is 0.566. The lowest BCUT2D eigenvalue weighted by molar-refractivity contribution is 0.112. The lowest BCUT2D eigenvalue weighted by atomic mass is 10.2. The van der Waals surface area contributed by atoms with Gasteiger partial charge >= 0.3 is 0 Å². The highest BCUT2D eigenvalue weighted by molar-refractivity contribution is 9.08. The topological polar surface area (TPSA) is 17.1 Å². The average molecular weight is 259 g/mol. The second kappa shape index (κ2) is 12.4. The number of halogens is 1. The van der Waals surface area contributed by atoms with Crippen molar-refractivity contribution in [3.8, 4) is 0 Å². The Kier molecular flexibility index (Phi) is 14.0. The molecule has 0 atom stereocenters. The van der Waals surface area contributed by atoms with E-state index in [1.165, 1.54) is 5.56 Å². The van der Waals surface area contributed by atoms with Crippen molar-refractivity contribution in [2.75, 3.05) is 0 Å². The van der Waals surface area contributed by atoms with Crippen LogP contribution >= 0.6 is 15.9 Å². The van der Waals surface area contributed by atoms with E-state index < -0.39 is 0 Å². The van der Waals surface area contributed by atoms with Gasteiger partial charge in [-0.05, 0) is 5.56 Å². The van der Waals surface area contributed by atoms with Crippen molar-refractivity contribution in [2.24, 2.45) is 0 Å². The maximum atomic E-state index is 10.2. The highest BCUT2D eigenvalue weighted by Gasteiger charge is 1.89. The largest absolute Gasteiger partial charge is 0.298 e. The van der Waals surface area contributed by atoms with Crippen LogP contribution in [0, 0.1) is 0 Å². The summed E-state index contributed by atoms with van der Waals surface area (Å²) in [6.45, 7) is 8.00. The molecule has 0 aliphatic carbocycles. The van der Waals surface area contributed by atoms with Crippen LogP contribution in [-0.2, 0) is 5.33 Å². The van der Waals surface area contributed by atoms with Gasteiger partial charge < -0.3 is 0 Å². The van der Waals surface area contributed by atoms with Crippen molar-refractivity contribution in [3.63, 3.8) is 0 Å². The Labute approximate surface area is 95.7 Å². The molecule has 0 unspecified atom stereocenters. The van der Waals surface area contributed by atoms with Crippen LogP contribution in [0.2, 0.25) is 0 Å². The van der Waals surface area contributed by atoms with Crippen molar-refractivity contribution in [1.82, 2.24) is 0 Å². The van der Waals surface area contributed by atoms with Crippen LogP contribution in [0.25, 0.3) is 0 Å². The summed E-state index contributed by atoms with van der Waals surface area (Å²) in [5.74, 6) is 0. The molecule has 0 bridgehead atoms. The maximum Gasteiger partial charge on any atom is 0.150 e. The van der Waals surface area contributed by atoms with Crippen molar-refractivity contribution in [1.29, 1.82) is 0 Å². The molecule has 0 aromatic heterocycles. The van der Waals surface area contributed by atoms with Gasteiger partial charge in [-0.3, -0.25) is 4.79 Å². The molecule has 1 nitrogen and oxygen atoms in total. The molecular formula is C12H19BrO. The zero-order valence-corrected chi connectivity index (χ0v) is 11.0. The first-order chi connectivity index (χ1) is 6.86. The van der Waals surface area contributed by atoms with E-state index in [1.54, 1.807) is 0 Å². The van der Waals surface area contributed by atoms with Gasteiger partial charge in [0.2, 0.25) is 0 Å². The third-order valence-electron chi connectivity index (χ3n) is 1.27. The second-order valence-corrected chi connectivity index (χ2v) is 2.55. The molecule has 0 fully saturated rings. The number of carbonyl (C=O) groups excluding carboxylic acids is 1. The minimum atomic E-state index is 0.727. The minimum absolute atomic E-state index is 0.727. The predicted octanol–water partition coefficient (Wildman–Crippen LogP) is 4.45. The molecule has 1 rings (SSSR count). The Morgan fingerprint density at radius 2 is 1.50 bits per heavy atom. The van der Waals surface area contributed by atoms with Crippen LogP contribution in [0.5, 0.6) is 0 Å². The van der Waals surface area contributed by atoms with E-state index in [9.17, 15) is 4.79 Å². The second-order valence-electron chi connectivity index (χ2n) is 1.99. The summed E-state index contributed by atoms with van der Waals surface area (Å²) >= 11 is 3.32. The van der Waals surface area contributed by atoms with E-state index in [0.717, 1.165) is 17.2 Å². The monoisotopic (exact) mass is 258 g/mol. The summed E-state index contributed by atoms with van der Waals surface area (Å²) in [6, 6.07) is 7.48. The zero-order valence-electron chi connectivity index (χ0n) is 9.38. The summed E-state index contributed by atoms with van der Waals surface area (Å²) in [4.78, 5) is 10.2. The fourth-order valence-corrected chi connectivity index (χ4v) is 1.06. The molecule has 1 aromatic rings. The Hall–Kier alpha value is -0.630. The van der Waals surface area contributed by atoms with Gasteiger partial charge in [-0.15, -0.1) is 0 Å². The lowest BCUT2D eigenvalue weighted by Crippen LogP contribution is -1.80. The van der Waals surface area contributed by atoms with Gasteiger partial charge in [-0.25, -0.2) is 0 Å². The van der Waals surface area contributed by atoms with E-state index in [-0.39, 0.29) is 0 Å². The van der Waals surface area contributed by atoms with Gasteiger partial charge in [0.25, 0.3) is 0 Å². The molecule has 0 aliphatic heterocycles. The minimum Gasteiger partial charge on any atom is -0.298 e. The predicted molar refractivity (Wildman–Crippen MR) is 67.2 cm³/mol. The number of alkyl halides is 1. The lowest BCUT2D eigenvalue weighted by Gasteiger charge is -1.92. The van der Waals surface area contributed by atoms with Crippen LogP contribution < -0.4 is 0 Å². The van der Waals surface area contributed by atoms with Gasteiger partial charge in [0.05, 0.1) is 0 Å². The number of hydrogen-bond donors (Lipinski definition) is 0. The normalized spacial score (nSPS) is 7.50. The van der Waals surface area contributed by atoms with Gasteiger partial charge in [-0.2, -0.15) is 0 Å². The fraction of sp³-hybridized carbons (Fsp3) is 0.417. The van der Waals surface area contributed by atoms with E-state index in [0.29, 0.717) is 0 Å². The molecule has 0 heterocycles. The molecule has 2 heteroatoms. The third-order valence-corrected chi connectivity index (χ3v) is 1.92. The van der Waals surface area contributed by atoms with Gasteiger partial charge in [-0.1, -0.05) is 67.9 Å². The Bertz CT molecular complexity index is 216. The standard InChI is InChI=1S/C8H7BrO.2C2H6/c9-5-7-1-3-8(6-10)4-2-7;2*1-2/h1-4,6H,5H2;2*1-2H3. The molecule has 0 amide bonds. The number of rotatable bonds is 2. The molecule has 0 spiro atoms. The van der Waals surface area contributed by atoms with Crippen molar-refractivity contribution in [3.05, 3.63) is 35.4 Å². The number of hydrogen-bond acceptors (Lipinski definition) is 1. The maximum absolute atomic E-state index is 10.2. The Balaban J connectivity index is 0. The molecule has 80 valence electrons. The van der Waals surface area contributed by atoms with Crippen LogP contribution in [0.3, 0.4) is 0 Å². The first kappa shape index (κ1) is 15.8. The van der Waals surface area contributed by atoms with Crippen LogP contribution in [0.4, 0.5) is 0 Å². The molecule has 0 radical (unpaired) electrons. The van der Waals surface area contributed by atoms with E-state index >= 15 is 0 Å². The van der Waals surface area contributed by atoms with E-state index in [2.05, 4.69) is 15.9 Å². The molecule has 0 saturated heterocycles. The van der Waals surface area contributed by atoms with E-state index in [4.69, 9.17) is 0 Å². The van der Waals surface area contributed by atoms with Crippen LogP contribution in [0.15, 0.2) is 24.3 Å². The highest BCUT2D eigenvalue weighted by Crippen LogP contribution is 2.05. The smallest absolute Gasteiger partial charge is 0.150 e. The number of benzene rings is 1. The summed E-state index contributed by atoms with van der Waals surface area (Å²) in [5.41, 5.74) is 1.91. The highest BCUT2D eigenvalue weighted by atomic mass is 79.9.